The third kappa shape index (κ3) is 5.45. The van der Waals surface area contributed by atoms with Gasteiger partial charge in [0.25, 0.3) is 5.91 Å². The number of phenols is 1. The molecule has 0 spiro atoms. The Labute approximate surface area is 167 Å². The first-order valence-electron chi connectivity index (χ1n) is 7.21. The van der Waals surface area contributed by atoms with Gasteiger partial charge in [-0.25, -0.2) is 5.43 Å². The summed E-state index contributed by atoms with van der Waals surface area (Å²) in [6, 6.07) is 8.53. The van der Waals surface area contributed by atoms with Gasteiger partial charge in [-0.3, -0.25) is 4.79 Å². The first kappa shape index (κ1) is 19.8. The van der Waals surface area contributed by atoms with Crippen molar-refractivity contribution in [1.82, 2.24) is 5.43 Å². The number of nitrogens with zero attached hydrogens (tertiary/aromatic N) is 1. The van der Waals surface area contributed by atoms with E-state index in [0.717, 1.165) is 5.56 Å². The average Bonchev–Trinajstić information content (AvgIpc) is 2.55. The van der Waals surface area contributed by atoms with Crippen LogP contribution in [0.15, 0.2) is 44.4 Å². The number of aryl methyl sites for hydroxylation is 1. The van der Waals surface area contributed by atoms with Crippen LogP contribution in [0, 0.1) is 6.92 Å². The molecule has 5 nitrogen and oxygen atoms in total. The number of hydrazone groups is 1. The van der Waals surface area contributed by atoms with Crippen molar-refractivity contribution in [1.29, 1.82) is 0 Å². The molecular formula is C17H15Br2ClN2O3. The molecular weight excluding hydrogens is 475 g/mol. The second-order valence-electron chi connectivity index (χ2n) is 5.24. The van der Waals surface area contributed by atoms with E-state index in [1.807, 2.05) is 6.92 Å². The average molecular weight is 491 g/mol. The van der Waals surface area contributed by atoms with E-state index in [2.05, 4.69) is 42.4 Å². The van der Waals surface area contributed by atoms with Crippen LogP contribution < -0.4 is 10.2 Å². The van der Waals surface area contributed by atoms with Crippen LogP contribution in [0.1, 0.15) is 18.1 Å². The van der Waals surface area contributed by atoms with E-state index in [4.69, 9.17) is 16.3 Å². The Morgan fingerprint density at radius 1 is 1.32 bits per heavy atom. The maximum Gasteiger partial charge on any atom is 0.280 e. The molecule has 0 unspecified atom stereocenters. The number of halogens is 3. The lowest BCUT2D eigenvalue weighted by atomic mass is 10.2. The summed E-state index contributed by atoms with van der Waals surface area (Å²) >= 11 is 12.4. The number of rotatable bonds is 5. The molecule has 0 aliphatic rings. The van der Waals surface area contributed by atoms with Gasteiger partial charge in [0.2, 0.25) is 0 Å². The molecule has 132 valence electrons. The first-order chi connectivity index (χ1) is 11.8. The Kier molecular flexibility index (Phi) is 6.87. The highest BCUT2D eigenvalue weighted by Crippen LogP contribution is 2.32. The van der Waals surface area contributed by atoms with Crippen molar-refractivity contribution in [2.24, 2.45) is 5.10 Å². The van der Waals surface area contributed by atoms with E-state index in [9.17, 15) is 9.90 Å². The molecule has 2 N–H and O–H groups in total. The second-order valence-corrected chi connectivity index (χ2v) is 7.35. The fourth-order valence-corrected chi connectivity index (χ4v) is 3.21. The minimum atomic E-state index is -0.726. The lowest BCUT2D eigenvalue weighted by Crippen LogP contribution is -2.33. The lowest BCUT2D eigenvalue weighted by molar-refractivity contribution is -0.127. The van der Waals surface area contributed by atoms with Crippen molar-refractivity contribution in [2.45, 2.75) is 20.0 Å². The van der Waals surface area contributed by atoms with Gasteiger partial charge in [0.05, 0.1) is 15.2 Å². The van der Waals surface area contributed by atoms with Crippen LogP contribution in [0.5, 0.6) is 11.5 Å². The third-order valence-electron chi connectivity index (χ3n) is 3.24. The summed E-state index contributed by atoms with van der Waals surface area (Å²) in [4.78, 5) is 12.0. The number of hydrogen-bond acceptors (Lipinski definition) is 4. The van der Waals surface area contributed by atoms with E-state index in [1.54, 1.807) is 37.3 Å². The summed E-state index contributed by atoms with van der Waals surface area (Å²) < 4.78 is 6.61. The Morgan fingerprint density at radius 2 is 1.96 bits per heavy atom. The molecule has 2 rings (SSSR count). The zero-order chi connectivity index (χ0) is 18.6. The van der Waals surface area contributed by atoms with Crippen LogP contribution in [0.3, 0.4) is 0 Å². The normalized spacial score (nSPS) is 12.2. The van der Waals surface area contributed by atoms with Crippen molar-refractivity contribution in [2.75, 3.05) is 0 Å². The molecule has 2 aromatic carbocycles. The highest BCUT2D eigenvalue weighted by molar-refractivity contribution is 9.11. The molecule has 0 bridgehead atoms. The molecule has 1 amide bonds. The minimum absolute atomic E-state index is 0.0986. The quantitative estimate of drug-likeness (QED) is 0.467. The summed E-state index contributed by atoms with van der Waals surface area (Å²) in [6.07, 6.45) is 0.738. The van der Waals surface area contributed by atoms with E-state index in [0.29, 0.717) is 25.3 Å². The van der Waals surface area contributed by atoms with Crippen molar-refractivity contribution >= 4 is 55.6 Å². The number of aromatic hydroxyl groups is 1. The Bertz CT molecular complexity index is 805. The Balaban J connectivity index is 1.96. The summed E-state index contributed by atoms with van der Waals surface area (Å²) in [5.74, 6) is 0.266. The SMILES string of the molecule is Cc1cc(O[C@@H](C)C(=O)N/N=C\c2cc(Br)c(O)c(Br)c2)ccc1Cl. The predicted octanol–water partition coefficient (Wildman–Crippen LogP) is 4.80. The van der Waals surface area contributed by atoms with Gasteiger partial charge in [0.15, 0.2) is 6.10 Å². The van der Waals surface area contributed by atoms with Gasteiger partial charge in [0, 0.05) is 5.02 Å². The smallest absolute Gasteiger partial charge is 0.280 e. The molecule has 0 aromatic heterocycles. The number of carbonyl (C=O) groups is 1. The zero-order valence-corrected chi connectivity index (χ0v) is 17.3. The van der Waals surface area contributed by atoms with Crippen molar-refractivity contribution < 1.29 is 14.6 Å². The van der Waals surface area contributed by atoms with Crippen molar-refractivity contribution in [3.63, 3.8) is 0 Å². The standard InChI is InChI=1S/C17H15Br2ClN2O3/c1-9-5-12(3-4-15(9)20)25-10(2)17(24)22-21-8-11-6-13(18)16(23)14(19)7-11/h3-8,10,23H,1-2H3,(H,22,24)/b21-8-/t10-/m0/s1. The van der Waals surface area contributed by atoms with Crippen LogP contribution >= 0.6 is 43.5 Å². The number of phenolic OH excluding ortho intramolecular Hbond substituents is 1. The molecule has 8 heteroatoms. The zero-order valence-electron chi connectivity index (χ0n) is 13.4. The van der Waals surface area contributed by atoms with E-state index >= 15 is 0 Å². The highest BCUT2D eigenvalue weighted by Gasteiger charge is 2.14. The van der Waals surface area contributed by atoms with Gasteiger partial charge in [0.1, 0.15) is 11.5 Å². The largest absolute Gasteiger partial charge is 0.506 e. The summed E-state index contributed by atoms with van der Waals surface area (Å²) in [5, 5.41) is 14.2. The molecule has 0 saturated carbocycles. The molecule has 0 radical (unpaired) electrons. The van der Waals surface area contributed by atoms with Crippen LogP contribution in [0.4, 0.5) is 0 Å². The van der Waals surface area contributed by atoms with Crippen LogP contribution in [0.25, 0.3) is 0 Å². The number of amides is 1. The number of carbonyl (C=O) groups excluding carboxylic acids is 1. The lowest BCUT2D eigenvalue weighted by Gasteiger charge is -2.13. The first-order valence-corrected chi connectivity index (χ1v) is 9.18. The second kappa shape index (κ2) is 8.69. The van der Waals surface area contributed by atoms with Crippen LogP contribution in [-0.4, -0.2) is 23.3 Å². The van der Waals surface area contributed by atoms with E-state index in [-0.39, 0.29) is 11.7 Å². The number of hydrogen-bond donors (Lipinski definition) is 2. The summed E-state index contributed by atoms with van der Waals surface area (Å²) in [5.41, 5.74) is 3.98. The monoisotopic (exact) mass is 488 g/mol. The third-order valence-corrected chi connectivity index (χ3v) is 4.87. The topological polar surface area (TPSA) is 70.9 Å². The molecule has 0 aliphatic carbocycles. The van der Waals surface area contributed by atoms with Gasteiger partial charge < -0.3 is 9.84 Å². The van der Waals surface area contributed by atoms with E-state index in [1.165, 1.54) is 6.21 Å². The van der Waals surface area contributed by atoms with Crippen molar-refractivity contribution in [3.8, 4) is 11.5 Å². The predicted molar refractivity (Wildman–Crippen MR) is 106 cm³/mol. The summed E-state index contributed by atoms with van der Waals surface area (Å²) in [7, 11) is 0. The van der Waals surface area contributed by atoms with Gasteiger partial charge in [-0.1, -0.05) is 11.6 Å². The molecule has 25 heavy (non-hydrogen) atoms. The molecule has 1 atom stereocenters. The fraction of sp³-hybridized carbons (Fsp3) is 0.176. The number of benzene rings is 2. The number of ether oxygens (including phenoxy) is 1. The minimum Gasteiger partial charge on any atom is -0.506 e. The maximum absolute atomic E-state index is 12.0. The maximum atomic E-state index is 12.0. The summed E-state index contributed by atoms with van der Waals surface area (Å²) in [6.45, 7) is 3.49. The van der Waals surface area contributed by atoms with Gasteiger partial charge >= 0.3 is 0 Å². The molecule has 0 saturated heterocycles. The fourth-order valence-electron chi connectivity index (χ4n) is 1.87. The van der Waals surface area contributed by atoms with E-state index < -0.39 is 6.10 Å². The van der Waals surface area contributed by atoms with Crippen molar-refractivity contribution in [3.05, 3.63) is 55.4 Å². The molecule has 0 fully saturated rings. The van der Waals surface area contributed by atoms with Gasteiger partial charge in [-0.2, -0.15) is 5.10 Å². The van der Waals surface area contributed by atoms with Gasteiger partial charge in [-0.15, -0.1) is 0 Å². The molecule has 0 heterocycles. The van der Waals surface area contributed by atoms with Crippen LogP contribution in [0.2, 0.25) is 5.02 Å². The molecule has 0 aliphatic heterocycles. The Hall–Kier alpha value is -1.57. The van der Waals surface area contributed by atoms with Gasteiger partial charge in [-0.05, 0) is 87.2 Å². The highest BCUT2D eigenvalue weighted by atomic mass is 79.9. The van der Waals surface area contributed by atoms with Crippen LogP contribution in [-0.2, 0) is 4.79 Å². The molecule has 2 aromatic rings. The Morgan fingerprint density at radius 3 is 2.56 bits per heavy atom. The number of nitrogens with one attached hydrogen (secondary N) is 1.